The molecule has 0 N–H and O–H groups in total. The lowest BCUT2D eigenvalue weighted by molar-refractivity contribution is -0.130. The van der Waals surface area contributed by atoms with Crippen molar-refractivity contribution in [1.82, 2.24) is 0 Å². The lowest BCUT2D eigenvalue weighted by Gasteiger charge is -2.21. The van der Waals surface area contributed by atoms with Gasteiger partial charge in [-0.3, -0.25) is 0 Å². The zero-order chi connectivity index (χ0) is 15.1. The van der Waals surface area contributed by atoms with Crippen LogP contribution in [-0.2, 0) is 9.53 Å². The van der Waals surface area contributed by atoms with Crippen LogP contribution in [0.2, 0.25) is 0 Å². The molecule has 4 heteroatoms. The summed E-state index contributed by atoms with van der Waals surface area (Å²) in [5.41, 5.74) is 0.363. The van der Waals surface area contributed by atoms with Crippen LogP contribution in [0.15, 0.2) is 36.4 Å². The summed E-state index contributed by atoms with van der Waals surface area (Å²) in [5, 5.41) is 0. The summed E-state index contributed by atoms with van der Waals surface area (Å²) in [6.45, 7) is 5.39. The predicted molar refractivity (Wildman–Crippen MR) is 80.3 cm³/mol. The molecule has 0 radical (unpaired) electrons. The van der Waals surface area contributed by atoms with Gasteiger partial charge < -0.3 is 14.2 Å². The standard InChI is InChI=1S/C17H22O4/c1-13(2)17(18)21-16-10-6-9-15(11-16)20-12-19-14-7-4-3-5-8-14/h6,9-11,14H,1,3-5,7-8,12H2,2H3. The van der Waals surface area contributed by atoms with Gasteiger partial charge >= 0.3 is 5.97 Å². The maximum Gasteiger partial charge on any atom is 0.338 e. The zero-order valence-corrected chi connectivity index (χ0v) is 12.5. The SMILES string of the molecule is C=C(C)C(=O)Oc1cccc(OCOC2CCCCC2)c1. The van der Waals surface area contributed by atoms with E-state index >= 15 is 0 Å². The largest absolute Gasteiger partial charge is 0.467 e. The molecule has 0 saturated heterocycles. The van der Waals surface area contributed by atoms with Crippen LogP contribution in [0.4, 0.5) is 0 Å². The minimum Gasteiger partial charge on any atom is -0.467 e. The summed E-state index contributed by atoms with van der Waals surface area (Å²) in [7, 11) is 0. The van der Waals surface area contributed by atoms with E-state index in [1.54, 1.807) is 25.1 Å². The quantitative estimate of drug-likeness (QED) is 0.345. The third kappa shape index (κ3) is 5.23. The molecule has 4 nitrogen and oxygen atoms in total. The van der Waals surface area contributed by atoms with Crippen molar-refractivity contribution < 1.29 is 19.0 Å². The first-order chi connectivity index (χ1) is 10.1. The molecule has 1 fully saturated rings. The van der Waals surface area contributed by atoms with Gasteiger partial charge in [-0.05, 0) is 31.9 Å². The van der Waals surface area contributed by atoms with Crippen LogP contribution in [0.25, 0.3) is 0 Å². The van der Waals surface area contributed by atoms with Crippen LogP contribution in [0.1, 0.15) is 39.0 Å². The highest BCUT2D eigenvalue weighted by Gasteiger charge is 2.13. The van der Waals surface area contributed by atoms with Gasteiger partial charge in [0.2, 0.25) is 0 Å². The van der Waals surface area contributed by atoms with Crippen molar-refractivity contribution >= 4 is 5.97 Å². The van der Waals surface area contributed by atoms with Crippen molar-refractivity contribution in [3.8, 4) is 11.5 Å². The molecule has 0 atom stereocenters. The van der Waals surface area contributed by atoms with Gasteiger partial charge in [-0.1, -0.05) is 31.9 Å². The van der Waals surface area contributed by atoms with Crippen molar-refractivity contribution in [2.75, 3.05) is 6.79 Å². The fourth-order valence-corrected chi connectivity index (χ4v) is 2.25. The normalized spacial score (nSPS) is 15.5. The van der Waals surface area contributed by atoms with E-state index in [1.807, 2.05) is 6.07 Å². The van der Waals surface area contributed by atoms with Crippen molar-refractivity contribution in [1.29, 1.82) is 0 Å². The molecule has 1 saturated carbocycles. The number of carbonyl (C=O) groups excluding carboxylic acids is 1. The number of rotatable bonds is 6. The van der Waals surface area contributed by atoms with E-state index in [-0.39, 0.29) is 6.79 Å². The Morgan fingerprint density at radius 3 is 2.67 bits per heavy atom. The summed E-state index contributed by atoms with van der Waals surface area (Å²) in [4.78, 5) is 11.5. The Kier molecular flexibility index (Phi) is 5.81. The van der Waals surface area contributed by atoms with Crippen LogP contribution in [-0.4, -0.2) is 18.9 Å². The van der Waals surface area contributed by atoms with Crippen LogP contribution in [0.3, 0.4) is 0 Å². The molecule has 114 valence electrons. The third-order valence-corrected chi connectivity index (χ3v) is 3.45. The maximum atomic E-state index is 11.5. The Balaban J connectivity index is 1.80. The van der Waals surface area contributed by atoms with E-state index in [4.69, 9.17) is 14.2 Å². The van der Waals surface area contributed by atoms with Crippen LogP contribution < -0.4 is 9.47 Å². The third-order valence-electron chi connectivity index (χ3n) is 3.45. The van der Waals surface area contributed by atoms with E-state index in [0.717, 1.165) is 12.8 Å². The van der Waals surface area contributed by atoms with Crippen LogP contribution in [0.5, 0.6) is 11.5 Å². The molecule has 1 aromatic rings. The summed E-state index contributed by atoms with van der Waals surface area (Å²) >= 11 is 0. The molecule has 1 aliphatic carbocycles. The molecule has 0 heterocycles. The fraction of sp³-hybridized carbons (Fsp3) is 0.471. The first-order valence-corrected chi connectivity index (χ1v) is 7.37. The number of esters is 1. The van der Waals surface area contributed by atoms with Gasteiger partial charge in [-0.2, -0.15) is 0 Å². The predicted octanol–water partition coefficient (Wildman–Crippen LogP) is 3.85. The highest BCUT2D eigenvalue weighted by molar-refractivity contribution is 5.88. The first kappa shape index (κ1) is 15.6. The average Bonchev–Trinajstić information content (AvgIpc) is 2.48. The van der Waals surface area contributed by atoms with Gasteiger partial charge in [-0.15, -0.1) is 0 Å². The Morgan fingerprint density at radius 1 is 1.24 bits per heavy atom. The van der Waals surface area contributed by atoms with E-state index < -0.39 is 5.97 Å². The van der Waals surface area contributed by atoms with Gasteiger partial charge in [-0.25, -0.2) is 4.79 Å². The molecule has 0 unspecified atom stereocenters. The summed E-state index contributed by atoms with van der Waals surface area (Å²) < 4.78 is 16.4. The van der Waals surface area contributed by atoms with Crippen LogP contribution >= 0.6 is 0 Å². The number of benzene rings is 1. The van der Waals surface area contributed by atoms with Gasteiger partial charge in [0, 0.05) is 11.6 Å². The monoisotopic (exact) mass is 290 g/mol. The first-order valence-electron chi connectivity index (χ1n) is 7.37. The molecule has 1 aromatic carbocycles. The Morgan fingerprint density at radius 2 is 1.95 bits per heavy atom. The van der Waals surface area contributed by atoms with Gasteiger partial charge in [0.05, 0.1) is 6.10 Å². The van der Waals surface area contributed by atoms with E-state index in [0.29, 0.717) is 23.2 Å². The minimum atomic E-state index is -0.439. The zero-order valence-electron chi connectivity index (χ0n) is 12.5. The molecule has 0 bridgehead atoms. The summed E-state index contributed by atoms with van der Waals surface area (Å²) in [6, 6.07) is 6.96. The van der Waals surface area contributed by atoms with Gasteiger partial charge in [0.25, 0.3) is 0 Å². The molecular weight excluding hydrogens is 268 g/mol. The molecule has 0 amide bonds. The topological polar surface area (TPSA) is 44.8 Å². The number of carbonyl (C=O) groups is 1. The summed E-state index contributed by atoms with van der Waals surface area (Å²) in [6.07, 6.45) is 6.30. The second kappa shape index (κ2) is 7.84. The smallest absolute Gasteiger partial charge is 0.338 e. The Labute approximate surface area is 125 Å². The highest BCUT2D eigenvalue weighted by atomic mass is 16.7. The Hall–Kier alpha value is -1.81. The lowest BCUT2D eigenvalue weighted by atomic mass is 9.98. The second-order valence-corrected chi connectivity index (χ2v) is 5.33. The van der Waals surface area contributed by atoms with Crippen LogP contribution in [0, 0.1) is 0 Å². The van der Waals surface area contributed by atoms with Gasteiger partial charge in [0.1, 0.15) is 11.5 Å². The van der Waals surface area contributed by atoms with Crippen molar-refractivity contribution in [3.63, 3.8) is 0 Å². The molecule has 0 aromatic heterocycles. The molecule has 0 aliphatic heterocycles. The van der Waals surface area contributed by atoms with Gasteiger partial charge in [0.15, 0.2) is 6.79 Å². The molecule has 2 rings (SSSR count). The highest BCUT2D eigenvalue weighted by Crippen LogP contribution is 2.22. The number of hydrogen-bond donors (Lipinski definition) is 0. The molecule has 1 aliphatic rings. The number of hydrogen-bond acceptors (Lipinski definition) is 4. The average molecular weight is 290 g/mol. The van der Waals surface area contributed by atoms with Crippen molar-refractivity contribution in [2.45, 2.75) is 45.1 Å². The minimum absolute atomic E-state index is 0.225. The second-order valence-electron chi connectivity index (χ2n) is 5.33. The maximum absolute atomic E-state index is 11.5. The summed E-state index contributed by atoms with van der Waals surface area (Å²) in [5.74, 6) is 0.626. The van der Waals surface area contributed by atoms with Crippen molar-refractivity contribution in [2.24, 2.45) is 0 Å². The Bertz CT molecular complexity index is 489. The van der Waals surface area contributed by atoms with E-state index in [2.05, 4.69) is 6.58 Å². The van der Waals surface area contributed by atoms with Crippen molar-refractivity contribution in [3.05, 3.63) is 36.4 Å². The number of ether oxygens (including phenoxy) is 3. The molecule has 21 heavy (non-hydrogen) atoms. The van der Waals surface area contributed by atoms with E-state index in [9.17, 15) is 4.79 Å². The molecular formula is C17H22O4. The molecule has 0 spiro atoms. The van der Waals surface area contributed by atoms with E-state index in [1.165, 1.54) is 19.3 Å². The lowest BCUT2D eigenvalue weighted by Crippen LogP contribution is -2.19. The fourth-order valence-electron chi connectivity index (χ4n) is 2.25.